The van der Waals surface area contributed by atoms with E-state index in [2.05, 4.69) is 5.32 Å². The Balaban J connectivity index is 2.35. The molecule has 0 spiro atoms. The van der Waals surface area contributed by atoms with Gasteiger partial charge >= 0.3 is 0 Å². The monoisotopic (exact) mass is 157 g/mol. The maximum atomic E-state index is 11.0. The van der Waals surface area contributed by atoms with E-state index in [1.807, 2.05) is 6.92 Å². The van der Waals surface area contributed by atoms with Gasteiger partial charge in [-0.15, -0.1) is 0 Å². The third-order valence-corrected chi connectivity index (χ3v) is 2.26. The first kappa shape index (κ1) is 8.53. The maximum Gasteiger partial charge on any atom is 0.248 e. The summed E-state index contributed by atoms with van der Waals surface area (Å²) >= 11 is 0. The molecule has 2 N–H and O–H groups in total. The lowest BCUT2D eigenvalue weighted by atomic mass is 9.78. The Morgan fingerprint density at radius 1 is 1.64 bits per heavy atom. The van der Waals surface area contributed by atoms with E-state index >= 15 is 0 Å². The van der Waals surface area contributed by atoms with E-state index in [4.69, 9.17) is 5.11 Å². The van der Waals surface area contributed by atoms with Gasteiger partial charge in [0.15, 0.2) is 0 Å². The van der Waals surface area contributed by atoms with E-state index in [0.717, 1.165) is 12.8 Å². The van der Waals surface area contributed by atoms with Gasteiger partial charge < -0.3 is 10.4 Å². The van der Waals surface area contributed by atoms with Crippen LogP contribution in [0.3, 0.4) is 0 Å². The number of hydrogen-bond acceptors (Lipinski definition) is 2. The van der Waals surface area contributed by atoms with Gasteiger partial charge in [-0.3, -0.25) is 4.79 Å². The van der Waals surface area contributed by atoms with Crippen molar-refractivity contribution in [1.29, 1.82) is 0 Å². The Morgan fingerprint density at radius 3 is 2.45 bits per heavy atom. The Morgan fingerprint density at radius 2 is 2.18 bits per heavy atom. The Hall–Kier alpha value is -0.570. The predicted octanol–water partition coefficient (Wildman–Crippen LogP) is 0.426. The number of amides is 1. The zero-order valence-corrected chi connectivity index (χ0v) is 7.05. The Bertz CT molecular complexity index is 161. The van der Waals surface area contributed by atoms with Crippen molar-refractivity contribution >= 4 is 5.91 Å². The minimum absolute atomic E-state index is 0.0337. The van der Waals surface area contributed by atoms with Crippen LogP contribution in [0.25, 0.3) is 0 Å². The topological polar surface area (TPSA) is 49.3 Å². The molecule has 1 aliphatic rings. The van der Waals surface area contributed by atoms with Crippen molar-refractivity contribution in [3.63, 3.8) is 0 Å². The number of carbonyl (C=O) groups excluding carboxylic acids is 1. The van der Waals surface area contributed by atoms with Gasteiger partial charge in [-0.05, 0) is 33.1 Å². The van der Waals surface area contributed by atoms with Crippen LogP contribution < -0.4 is 5.32 Å². The summed E-state index contributed by atoms with van der Waals surface area (Å²) in [5.74, 6) is -0.257. The fourth-order valence-electron chi connectivity index (χ4n) is 1.23. The molecule has 0 aromatic rings. The summed E-state index contributed by atoms with van der Waals surface area (Å²) < 4.78 is 0. The quantitative estimate of drug-likeness (QED) is 0.610. The van der Waals surface area contributed by atoms with E-state index in [1.165, 1.54) is 13.3 Å². The van der Waals surface area contributed by atoms with Crippen LogP contribution in [0.2, 0.25) is 0 Å². The molecule has 1 aliphatic carbocycles. The highest BCUT2D eigenvalue weighted by Gasteiger charge is 2.33. The standard InChI is InChI=1S/C8H15NO2/c1-6(10)7(11)9-8(2)4-3-5-8/h6,10H,3-5H2,1-2H3,(H,9,11)/t6-/m0/s1. The van der Waals surface area contributed by atoms with Crippen molar-refractivity contribution in [2.75, 3.05) is 0 Å². The SMILES string of the molecule is C[C@H](O)C(=O)NC1(C)CCC1. The van der Waals surface area contributed by atoms with Crippen LogP contribution in [-0.2, 0) is 4.79 Å². The first-order valence-electron chi connectivity index (χ1n) is 4.04. The highest BCUT2D eigenvalue weighted by atomic mass is 16.3. The number of hydrogen-bond donors (Lipinski definition) is 2. The van der Waals surface area contributed by atoms with Gasteiger partial charge in [0.05, 0.1) is 0 Å². The van der Waals surface area contributed by atoms with E-state index in [9.17, 15) is 4.79 Å². The molecule has 0 radical (unpaired) electrons. The lowest BCUT2D eigenvalue weighted by Gasteiger charge is -2.39. The lowest BCUT2D eigenvalue weighted by Crippen LogP contribution is -2.53. The Labute approximate surface area is 66.8 Å². The number of aliphatic hydroxyl groups is 1. The second-order valence-corrected chi connectivity index (χ2v) is 3.58. The second-order valence-electron chi connectivity index (χ2n) is 3.58. The third-order valence-electron chi connectivity index (χ3n) is 2.26. The molecule has 0 aliphatic heterocycles. The maximum absolute atomic E-state index is 11.0. The van der Waals surface area contributed by atoms with Crippen LogP contribution in [0.15, 0.2) is 0 Å². The molecule has 1 amide bonds. The van der Waals surface area contributed by atoms with Crippen LogP contribution in [-0.4, -0.2) is 22.7 Å². The summed E-state index contributed by atoms with van der Waals surface area (Å²) in [6, 6.07) is 0. The van der Waals surface area contributed by atoms with E-state index < -0.39 is 6.10 Å². The van der Waals surface area contributed by atoms with E-state index in [1.54, 1.807) is 0 Å². The van der Waals surface area contributed by atoms with Crippen molar-refractivity contribution in [3.8, 4) is 0 Å². The molecule has 0 heterocycles. The minimum atomic E-state index is -0.882. The van der Waals surface area contributed by atoms with Gasteiger partial charge in [-0.25, -0.2) is 0 Å². The molecule has 0 aromatic carbocycles. The summed E-state index contributed by atoms with van der Waals surface area (Å²) in [5.41, 5.74) is -0.0337. The molecule has 1 rings (SSSR count). The van der Waals surface area contributed by atoms with Crippen LogP contribution in [0.4, 0.5) is 0 Å². The molecular weight excluding hydrogens is 142 g/mol. The van der Waals surface area contributed by atoms with Gasteiger partial charge in [-0.1, -0.05) is 0 Å². The third kappa shape index (κ3) is 1.93. The van der Waals surface area contributed by atoms with Crippen molar-refractivity contribution in [2.45, 2.75) is 44.8 Å². The molecule has 3 heteroatoms. The van der Waals surface area contributed by atoms with Crippen molar-refractivity contribution in [1.82, 2.24) is 5.32 Å². The van der Waals surface area contributed by atoms with Crippen molar-refractivity contribution < 1.29 is 9.90 Å². The Kier molecular flexibility index (Phi) is 2.18. The molecule has 64 valence electrons. The number of aliphatic hydroxyl groups excluding tert-OH is 1. The fourth-order valence-corrected chi connectivity index (χ4v) is 1.23. The van der Waals surface area contributed by atoms with Gasteiger partial charge in [0, 0.05) is 5.54 Å². The zero-order valence-electron chi connectivity index (χ0n) is 7.05. The molecule has 1 atom stereocenters. The first-order valence-corrected chi connectivity index (χ1v) is 4.04. The molecule has 1 saturated carbocycles. The van der Waals surface area contributed by atoms with Crippen LogP contribution in [0, 0.1) is 0 Å². The second kappa shape index (κ2) is 2.81. The average molecular weight is 157 g/mol. The van der Waals surface area contributed by atoms with Crippen molar-refractivity contribution in [2.24, 2.45) is 0 Å². The van der Waals surface area contributed by atoms with Gasteiger partial charge in [0.2, 0.25) is 5.91 Å². The largest absolute Gasteiger partial charge is 0.384 e. The highest BCUT2D eigenvalue weighted by molar-refractivity contribution is 5.80. The molecular formula is C8H15NO2. The molecule has 0 bridgehead atoms. The zero-order chi connectivity index (χ0) is 8.48. The number of nitrogens with one attached hydrogen (secondary N) is 1. The predicted molar refractivity (Wildman–Crippen MR) is 42.1 cm³/mol. The van der Waals surface area contributed by atoms with E-state index in [-0.39, 0.29) is 11.4 Å². The summed E-state index contributed by atoms with van der Waals surface area (Å²) in [4.78, 5) is 11.0. The van der Waals surface area contributed by atoms with Gasteiger partial charge in [-0.2, -0.15) is 0 Å². The molecule has 3 nitrogen and oxygen atoms in total. The van der Waals surface area contributed by atoms with E-state index in [0.29, 0.717) is 0 Å². The van der Waals surface area contributed by atoms with Crippen LogP contribution in [0.1, 0.15) is 33.1 Å². The van der Waals surface area contributed by atoms with Crippen LogP contribution >= 0.6 is 0 Å². The lowest BCUT2D eigenvalue weighted by molar-refractivity contribution is -0.131. The smallest absolute Gasteiger partial charge is 0.248 e. The molecule has 0 saturated heterocycles. The van der Waals surface area contributed by atoms with Gasteiger partial charge in [0.25, 0.3) is 0 Å². The molecule has 0 unspecified atom stereocenters. The molecule has 0 aromatic heterocycles. The van der Waals surface area contributed by atoms with Crippen molar-refractivity contribution in [3.05, 3.63) is 0 Å². The summed E-state index contributed by atoms with van der Waals surface area (Å²) in [5, 5.41) is 11.7. The number of carbonyl (C=O) groups is 1. The normalized spacial score (nSPS) is 23.5. The molecule has 1 fully saturated rings. The average Bonchev–Trinajstić information content (AvgIpc) is 1.84. The summed E-state index contributed by atoms with van der Waals surface area (Å²) in [7, 11) is 0. The molecule has 11 heavy (non-hydrogen) atoms. The van der Waals surface area contributed by atoms with Gasteiger partial charge in [0.1, 0.15) is 6.10 Å². The minimum Gasteiger partial charge on any atom is -0.384 e. The highest BCUT2D eigenvalue weighted by Crippen LogP contribution is 2.30. The summed E-state index contributed by atoms with van der Waals surface area (Å²) in [6.45, 7) is 3.49. The summed E-state index contributed by atoms with van der Waals surface area (Å²) in [6.07, 6.45) is 2.36. The first-order chi connectivity index (χ1) is 5.03. The van der Waals surface area contributed by atoms with Crippen LogP contribution in [0.5, 0.6) is 0 Å². The number of rotatable bonds is 2. The fraction of sp³-hybridized carbons (Fsp3) is 0.875.